The fourth-order valence-corrected chi connectivity index (χ4v) is 2.66. The van der Waals surface area contributed by atoms with E-state index in [4.69, 9.17) is 21.4 Å². The van der Waals surface area contributed by atoms with Crippen LogP contribution >= 0.6 is 11.6 Å². The van der Waals surface area contributed by atoms with Crippen molar-refractivity contribution in [3.63, 3.8) is 0 Å². The zero-order valence-corrected chi connectivity index (χ0v) is 12.5. The van der Waals surface area contributed by atoms with Crippen molar-refractivity contribution >= 4 is 33.3 Å². The van der Waals surface area contributed by atoms with Crippen molar-refractivity contribution in [2.24, 2.45) is 0 Å². The Bertz CT molecular complexity index is 599. The molecular formula is C12H14ClNO6S. The van der Waals surface area contributed by atoms with E-state index in [1.807, 2.05) is 0 Å². The molecule has 0 aliphatic rings. The Balaban J connectivity index is 2.43. The lowest BCUT2D eigenvalue weighted by Crippen LogP contribution is -2.33. The largest absolute Gasteiger partial charge is 0.480 e. The summed E-state index contributed by atoms with van der Waals surface area (Å²) in [5.74, 6) is -2.51. The lowest BCUT2D eigenvalue weighted by atomic mass is 10.4. The first kappa shape index (κ1) is 17.4. The van der Waals surface area contributed by atoms with Gasteiger partial charge in [-0.05, 0) is 24.3 Å². The van der Waals surface area contributed by atoms with E-state index in [1.54, 1.807) is 0 Å². The van der Waals surface area contributed by atoms with E-state index in [1.165, 1.54) is 24.3 Å². The maximum atomic E-state index is 11.9. The highest BCUT2D eigenvalue weighted by atomic mass is 35.5. The molecule has 0 heterocycles. The summed E-state index contributed by atoms with van der Waals surface area (Å²) in [6.45, 7) is -0.458. The summed E-state index contributed by atoms with van der Waals surface area (Å²) in [4.78, 5) is 21.7. The fourth-order valence-electron chi connectivity index (χ4n) is 1.37. The van der Waals surface area contributed by atoms with Gasteiger partial charge in [0.05, 0.1) is 11.5 Å². The number of halogens is 1. The summed E-state index contributed by atoms with van der Waals surface area (Å²) in [6.07, 6.45) is 0. The van der Waals surface area contributed by atoms with Gasteiger partial charge in [-0.3, -0.25) is 4.79 Å². The van der Waals surface area contributed by atoms with Crippen LogP contribution in [0.2, 0.25) is 5.02 Å². The Kier molecular flexibility index (Phi) is 6.60. The van der Waals surface area contributed by atoms with Gasteiger partial charge in [-0.15, -0.1) is 0 Å². The van der Waals surface area contributed by atoms with Gasteiger partial charge >= 0.3 is 5.97 Å². The maximum Gasteiger partial charge on any atom is 0.329 e. The van der Waals surface area contributed by atoms with E-state index >= 15 is 0 Å². The lowest BCUT2D eigenvalue weighted by Gasteiger charge is -2.06. The van der Waals surface area contributed by atoms with Gasteiger partial charge in [0.25, 0.3) is 0 Å². The highest BCUT2D eigenvalue weighted by Gasteiger charge is 2.18. The second-order valence-electron chi connectivity index (χ2n) is 4.01. The van der Waals surface area contributed by atoms with Crippen molar-refractivity contribution in [1.82, 2.24) is 5.32 Å². The van der Waals surface area contributed by atoms with Crippen molar-refractivity contribution in [3.05, 3.63) is 29.3 Å². The van der Waals surface area contributed by atoms with Crippen LogP contribution in [0.25, 0.3) is 0 Å². The quantitative estimate of drug-likeness (QED) is 0.662. The number of aliphatic carboxylic acids is 1. The summed E-state index contributed by atoms with van der Waals surface area (Å²) in [5, 5.41) is 11.0. The van der Waals surface area contributed by atoms with Crippen LogP contribution in [0.1, 0.15) is 0 Å². The predicted octanol–water partition coefficient (Wildman–Crippen LogP) is 0.331. The van der Waals surface area contributed by atoms with Crippen LogP contribution in [-0.2, 0) is 24.2 Å². The molecule has 0 unspecified atom stereocenters. The van der Waals surface area contributed by atoms with Crippen molar-refractivity contribution < 1.29 is 27.9 Å². The van der Waals surface area contributed by atoms with Crippen LogP contribution in [0.15, 0.2) is 29.2 Å². The highest BCUT2D eigenvalue weighted by molar-refractivity contribution is 7.92. The normalized spacial score (nSPS) is 11.1. The van der Waals surface area contributed by atoms with Crippen LogP contribution in [0.3, 0.4) is 0 Å². The Morgan fingerprint density at radius 2 is 1.86 bits per heavy atom. The van der Waals surface area contributed by atoms with Crippen LogP contribution in [0, 0.1) is 0 Å². The molecule has 0 aromatic heterocycles. The van der Waals surface area contributed by atoms with Gasteiger partial charge in [0, 0.05) is 11.6 Å². The topological polar surface area (TPSA) is 110 Å². The lowest BCUT2D eigenvalue weighted by molar-refractivity contribution is -0.142. The number of carboxylic acids is 1. The third-order valence-corrected chi connectivity index (χ3v) is 4.17. The van der Waals surface area contributed by atoms with E-state index in [2.05, 4.69) is 5.32 Å². The van der Waals surface area contributed by atoms with E-state index in [-0.39, 0.29) is 18.0 Å². The number of amides is 1. The minimum absolute atomic E-state index is 0.00387. The summed E-state index contributed by atoms with van der Waals surface area (Å²) >= 11 is 5.66. The number of hydrogen-bond acceptors (Lipinski definition) is 5. The molecule has 0 spiro atoms. The number of nitrogens with one attached hydrogen (secondary N) is 1. The molecule has 0 atom stereocenters. The van der Waals surface area contributed by atoms with Gasteiger partial charge in [0.2, 0.25) is 5.91 Å². The van der Waals surface area contributed by atoms with Crippen LogP contribution < -0.4 is 5.32 Å². The third kappa shape index (κ3) is 6.56. The molecule has 7 nitrogen and oxygen atoms in total. The SMILES string of the molecule is O=C(O)COCCNC(=O)CS(=O)(=O)c1ccc(Cl)cc1. The molecule has 0 radical (unpaired) electrons. The Morgan fingerprint density at radius 3 is 2.43 bits per heavy atom. The molecule has 0 bridgehead atoms. The number of hydrogen-bond donors (Lipinski definition) is 2. The number of benzene rings is 1. The summed E-state index contributed by atoms with van der Waals surface area (Å²) in [7, 11) is -3.74. The van der Waals surface area contributed by atoms with Crippen LogP contribution in [0.4, 0.5) is 0 Å². The van der Waals surface area contributed by atoms with Crippen molar-refractivity contribution in [1.29, 1.82) is 0 Å². The number of sulfone groups is 1. The maximum absolute atomic E-state index is 11.9. The minimum atomic E-state index is -3.74. The number of carboxylic acid groups (broad SMARTS) is 1. The smallest absolute Gasteiger partial charge is 0.329 e. The molecule has 0 saturated heterocycles. The zero-order chi connectivity index (χ0) is 15.9. The second-order valence-corrected chi connectivity index (χ2v) is 6.44. The molecular weight excluding hydrogens is 322 g/mol. The number of rotatable bonds is 8. The van der Waals surface area contributed by atoms with Crippen molar-refractivity contribution in [2.75, 3.05) is 25.5 Å². The highest BCUT2D eigenvalue weighted by Crippen LogP contribution is 2.15. The van der Waals surface area contributed by atoms with Gasteiger partial charge in [-0.25, -0.2) is 13.2 Å². The average Bonchev–Trinajstić information content (AvgIpc) is 2.37. The molecule has 9 heteroatoms. The Hall–Kier alpha value is -1.64. The van der Waals surface area contributed by atoms with E-state index in [9.17, 15) is 18.0 Å². The molecule has 0 aliphatic carbocycles. The first-order valence-electron chi connectivity index (χ1n) is 5.86. The van der Waals surface area contributed by atoms with Gasteiger partial charge in [0.15, 0.2) is 9.84 Å². The summed E-state index contributed by atoms with van der Waals surface area (Å²) in [6, 6.07) is 5.49. The molecule has 2 N–H and O–H groups in total. The molecule has 1 rings (SSSR count). The third-order valence-electron chi connectivity index (χ3n) is 2.29. The fraction of sp³-hybridized carbons (Fsp3) is 0.333. The molecule has 1 aromatic rings. The van der Waals surface area contributed by atoms with E-state index in [0.29, 0.717) is 5.02 Å². The number of carbonyl (C=O) groups is 2. The van der Waals surface area contributed by atoms with Crippen molar-refractivity contribution in [2.45, 2.75) is 4.90 Å². The van der Waals surface area contributed by atoms with Crippen LogP contribution in [-0.4, -0.2) is 50.9 Å². The number of carbonyl (C=O) groups excluding carboxylic acids is 1. The van der Waals surface area contributed by atoms with E-state index in [0.717, 1.165) is 0 Å². The molecule has 1 aromatic carbocycles. The first-order chi connectivity index (χ1) is 9.81. The summed E-state index contributed by atoms with van der Waals surface area (Å²) in [5.41, 5.74) is 0. The number of ether oxygens (including phenoxy) is 1. The van der Waals surface area contributed by atoms with Gasteiger partial charge in [-0.1, -0.05) is 11.6 Å². The van der Waals surface area contributed by atoms with Crippen molar-refractivity contribution in [3.8, 4) is 0 Å². The monoisotopic (exact) mass is 335 g/mol. The predicted molar refractivity (Wildman–Crippen MR) is 75.0 cm³/mol. The molecule has 0 aliphatic heterocycles. The first-order valence-corrected chi connectivity index (χ1v) is 7.89. The standard InChI is InChI=1S/C12H14ClNO6S/c13-9-1-3-10(4-2-9)21(18,19)8-11(15)14-5-6-20-7-12(16)17/h1-4H,5-8H2,(H,14,15)(H,16,17). The second kappa shape index (κ2) is 7.96. The zero-order valence-electron chi connectivity index (χ0n) is 10.9. The molecule has 1 amide bonds. The average molecular weight is 336 g/mol. The van der Waals surface area contributed by atoms with Gasteiger partial charge < -0.3 is 15.2 Å². The minimum Gasteiger partial charge on any atom is -0.480 e. The van der Waals surface area contributed by atoms with E-state index < -0.39 is 34.1 Å². The Labute approximate surface area is 126 Å². The Morgan fingerprint density at radius 1 is 1.24 bits per heavy atom. The molecule has 116 valence electrons. The molecule has 21 heavy (non-hydrogen) atoms. The molecule has 0 fully saturated rings. The summed E-state index contributed by atoms with van der Waals surface area (Å²) < 4.78 is 28.5. The van der Waals surface area contributed by atoms with Crippen LogP contribution in [0.5, 0.6) is 0 Å². The van der Waals surface area contributed by atoms with Gasteiger partial charge in [-0.2, -0.15) is 0 Å². The van der Waals surface area contributed by atoms with Gasteiger partial charge in [0.1, 0.15) is 12.4 Å². The molecule has 0 saturated carbocycles.